The molecular formula is C24H16ClFN2O5. The molecular weight excluding hydrogens is 451 g/mol. The lowest BCUT2D eigenvalue weighted by molar-refractivity contribution is -0.384. The van der Waals surface area contributed by atoms with Gasteiger partial charge < -0.3 is 9.32 Å². The molecule has 0 spiro atoms. The summed E-state index contributed by atoms with van der Waals surface area (Å²) in [5, 5.41) is 11.5. The van der Waals surface area contributed by atoms with Crippen molar-refractivity contribution in [2.75, 3.05) is 0 Å². The molecule has 0 aliphatic heterocycles. The Morgan fingerprint density at radius 2 is 1.79 bits per heavy atom. The van der Waals surface area contributed by atoms with Gasteiger partial charge in [-0.2, -0.15) is 0 Å². The summed E-state index contributed by atoms with van der Waals surface area (Å²) in [4.78, 5) is 38.2. The number of fused-ring (bicyclic) bond motifs is 1. The lowest BCUT2D eigenvalue weighted by Crippen LogP contribution is -2.32. The maximum atomic E-state index is 13.3. The molecule has 3 aromatic carbocycles. The molecule has 166 valence electrons. The summed E-state index contributed by atoms with van der Waals surface area (Å²) in [6.45, 7) is -0.0956. The number of nitro benzene ring substituents is 1. The average molecular weight is 467 g/mol. The third kappa shape index (κ3) is 4.75. The van der Waals surface area contributed by atoms with Gasteiger partial charge in [-0.3, -0.25) is 19.7 Å². The van der Waals surface area contributed by atoms with Crippen LogP contribution in [0.4, 0.5) is 10.1 Å². The highest BCUT2D eigenvalue weighted by Gasteiger charge is 2.22. The Balaban J connectivity index is 1.74. The van der Waals surface area contributed by atoms with Crippen LogP contribution in [0.1, 0.15) is 21.5 Å². The van der Waals surface area contributed by atoms with E-state index in [2.05, 4.69) is 0 Å². The van der Waals surface area contributed by atoms with Crippen molar-refractivity contribution in [3.8, 4) is 0 Å². The van der Waals surface area contributed by atoms with E-state index in [9.17, 15) is 24.1 Å². The molecule has 0 atom stereocenters. The van der Waals surface area contributed by atoms with Crippen LogP contribution in [0.3, 0.4) is 0 Å². The highest BCUT2D eigenvalue weighted by molar-refractivity contribution is 6.32. The second-order valence-corrected chi connectivity index (χ2v) is 7.70. The van der Waals surface area contributed by atoms with Crippen molar-refractivity contribution >= 4 is 34.2 Å². The summed E-state index contributed by atoms with van der Waals surface area (Å²) in [5.41, 5.74) is 0.575. The minimum atomic E-state index is -0.679. The molecule has 1 amide bonds. The number of rotatable bonds is 6. The Hall–Kier alpha value is -4.04. The zero-order valence-corrected chi connectivity index (χ0v) is 17.8. The summed E-state index contributed by atoms with van der Waals surface area (Å²) in [6.07, 6.45) is 1.29. The number of hydrogen-bond acceptors (Lipinski definition) is 5. The van der Waals surface area contributed by atoms with Crippen LogP contribution < -0.4 is 5.43 Å². The first kappa shape index (κ1) is 22.2. The predicted molar refractivity (Wildman–Crippen MR) is 121 cm³/mol. The van der Waals surface area contributed by atoms with Gasteiger partial charge in [0.1, 0.15) is 16.4 Å². The van der Waals surface area contributed by atoms with Crippen LogP contribution in [0.2, 0.25) is 5.02 Å². The molecule has 4 rings (SSSR count). The van der Waals surface area contributed by atoms with Gasteiger partial charge in [0.15, 0.2) is 5.43 Å². The lowest BCUT2D eigenvalue weighted by Gasteiger charge is -2.23. The summed E-state index contributed by atoms with van der Waals surface area (Å²) in [6, 6.07) is 16.0. The van der Waals surface area contributed by atoms with Crippen LogP contribution in [0.15, 0.2) is 82.2 Å². The standard InChI is InChI=1S/C24H16ClFN2O5/c25-20-10-7-16(11-21(20)28(31)32)24(30)27(12-15-5-8-18(26)9-6-15)13-17-14-33-22-4-2-1-3-19(22)23(17)29/h1-11,14H,12-13H2. The minimum Gasteiger partial charge on any atom is -0.464 e. The van der Waals surface area contributed by atoms with E-state index in [1.54, 1.807) is 24.3 Å². The van der Waals surface area contributed by atoms with Gasteiger partial charge in [0.25, 0.3) is 11.6 Å². The predicted octanol–water partition coefficient (Wildman–Crippen LogP) is 5.34. The molecule has 33 heavy (non-hydrogen) atoms. The van der Waals surface area contributed by atoms with E-state index >= 15 is 0 Å². The van der Waals surface area contributed by atoms with Crippen molar-refractivity contribution in [2.45, 2.75) is 13.1 Å². The van der Waals surface area contributed by atoms with Crippen LogP contribution >= 0.6 is 11.6 Å². The number of benzene rings is 3. The largest absolute Gasteiger partial charge is 0.464 e. The van der Waals surface area contributed by atoms with E-state index < -0.39 is 22.3 Å². The topological polar surface area (TPSA) is 93.7 Å². The van der Waals surface area contributed by atoms with E-state index in [-0.39, 0.29) is 34.7 Å². The van der Waals surface area contributed by atoms with Gasteiger partial charge in [-0.15, -0.1) is 0 Å². The SMILES string of the molecule is O=C(c1ccc(Cl)c([N+](=O)[O-])c1)N(Cc1ccc(F)cc1)Cc1coc2ccccc2c1=O. The smallest absolute Gasteiger partial charge is 0.288 e. The fraction of sp³-hybridized carbons (Fsp3) is 0.0833. The van der Waals surface area contributed by atoms with Crippen molar-refractivity contribution in [1.29, 1.82) is 0 Å². The number of nitro groups is 1. The average Bonchev–Trinajstić information content (AvgIpc) is 2.81. The van der Waals surface area contributed by atoms with Gasteiger partial charge in [0.05, 0.1) is 28.7 Å². The minimum absolute atomic E-state index is 0.0263. The molecule has 0 radical (unpaired) electrons. The molecule has 0 N–H and O–H groups in total. The van der Waals surface area contributed by atoms with Crippen molar-refractivity contribution < 1.29 is 18.5 Å². The molecule has 0 bridgehead atoms. The zero-order chi connectivity index (χ0) is 23.5. The van der Waals surface area contributed by atoms with E-state index in [0.717, 1.165) is 6.07 Å². The monoisotopic (exact) mass is 466 g/mol. The molecule has 0 saturated carbocycles. The number of carbonyl (C=O) groups excluding carboxylic acids is 1. The highest BCUT2D eigenvalue weighted by atomic mass is 35.5. The van der Waals surface area contributed by atoms with E-state index in [1.807, 2.05) is 0 Å². The normalized spacial score (nSPS) is 10.8. The van der Waals surface area contributed by atoms with E-state index in [0.29, 0.717) is 16.5 Å². The Morgan fingerprint density at radius 1 is 1.06 bits per heavy atom. The van der Waals surface area contributed by atoms with Gasteiger partial charge in [0.2, 0.25) is 0 Å². The molecule has 1 heterocycles. The third-order valence-electron chi connectivity index (χ3n) is 5.08. The van der Waals surface area contributed by atoms with Crippen molar-refractivity contribution in [3.63, 3.8) is 0 Å². The Labute approximate surface area is 191 Å². The number of halogens is 2. The Bertz CT molecular complexity index is 1420. The molecule has 1 aromatic heterocycles. The van der Waals surface area contributed by atoms with E-state index in [1.165, 1.54) is 47.6 Å². The molecule has 4 aromatic rings. The third-order valence-corrected chi connectivity index (χ3v) is 5.40. The van der Waals surface area contributed by atoms with Crippen LogP contribution in [0, 0.1) is 15.9 Å². The summed E-state index contributed by atoms with van der Waals surface area (Å²) < 4.78 is 18.9. The van der Waals surface area contributed by atoms with E-state index in [4.69, 9.17) is 16.0 Å². The lowest BCUT2D eigenvalue weighted by atomic mass is 10.1. The first-order valence-corrected chi connectivity index (χ1v) is 10.2. The molecule has 9 heteroatoms. The molecule has 7 nitrogen and oxygen atoms in total. The maximum absolute atomic E-state index is 13.3. The maximum Gasteiger partial charge on any atom is 0.288 e. The van der Waals surface area contributed by atoms with Crippen molar-refractivity contribution in [3.05, 3.63) is 121 Å². The van der Waals surface area contributed by atoms with Crippen molar-refractivity contribution in [2.24, 2.45) is 0 Å². The van der Waals surface area contributed by atoms with Crippen LogP contribution in [-0.4, -0.2) is 15.7 Å². The fourth-order valence-electron chi connectivity index (χ4n) is 3.41. The van der Waals surface area contributed by atoms with Gasteiger partial charge >= 0.3 is 0 Å². The summed E-state index contributed by atoms with van der Waals surface area (Å²) in [7, 11) is 0. The number of amides is 1. The molecule has 0 unspecified atom stereocenters. The molecule has 0 fully saturated rings. The zero-order valence-electron chi connectivity index (χ0n) is 17.0. The number of nitrogens with zero attached hydrogens (tertiary/aromatic N) is 2. The summed E-state index contributed by atoms with van der Waals surface area (Å²) in [5.74, 6) is -0.994. The van der Waals surface area contributed by atoms with Gasteiger partial charge in [-0.05, 0) is 42.0 Å². The van der Waals surface area contributed by atoms with Gasteiger partial charge in [-0.25, -0.2) is 4.39 Å². The van der Waals surface area contributed by atoms with Crippen LogP contribution in [0.25, 0.3) is 11.0 Å². The quantitative estimate of drug-likeness (QED) is 0.282. The first-order chi connectivity index (χ1) is 15.8. The van der Waals surface area contributed by atoms with Crippen LogP contribution in [-0.2, 0) is 13.1 Å². The number of hydrogen-bond donors (Lipinski definition) is 0. The molecule has 0 aliphatic carbocycles. The molecule has 0 aliphatic rings. The number of para-hydroxylation sites is 1. The highest BCUT2D eigenvalue weighted by Crippen LogP contribution is 2.26. The second kappa shape index (κ2) is 9.22. The first-order valence-electron chi connectivity index (χ1n) is 9.80. The fourth-order valence-corrected chi connectivity index (χ4v) is 3.60. The van der Waals surface area contributed by atoms with Gasteiger partial charge in [-0.1, -0.05) is 35.9 Å². The second-order valence-electron chi connectivity index (χ2n) is 7.30. The van der Waals surface area contributed by atoms with Crippen LogP contribution in [0.5, 0.6) is 0 Å². The van der Waals surface area contributed by atoms with Gasteiger partial charge in [0, 0.05) is 18.2 Å². The molecule has 0 saturated heterocycles. The summed E-state index contributed by atoms with van der Waals surface area (Å²) >= 11 is 5.87. The number of carbonyl (C=O) groups is 1. The Morgan fingerprint density at radius 3 is 2.52 bits per heavy atom. The Kier molecular flexibility index (Phi) is 6.19. The van der Waals surface area contributed by atoms with Crippen molar-refractivity contribution in [1.82, 2.24) is 4.90 Å².